The SMILES string of the molecule is COc1ccc(CNCCC(=O)N2CCC(Cc3ccccc3)CC2)cc1. The van der Waals surface area contributed by atoms with E-state index in [4.69, 9.17) is 4.74 Å². The van der Waals surface area contributed by atoms with E-state index in [-0.39, 0.29) is 5.91 Å². The Balaban J connectivity index is 1.32. The number of hydrogen-bond donors (Lipinski definition) is 1. The topological polar surface area (TPSA) is 41.6 Å². The highest BCUT2D eigenvalue weighted by molar-refractivity contribution is 5.76. The van der Waals surface area contributed by atoms with E-state index in [1.165, 1.54) is 11.1 Å². The summed E-state index contributed by atoms with van der Waals surface area (Å²) in [6.07, 6.45) is 3.92. The molecule has 1 heterocycles. The van der Waals surface area contributed by atoms with E-state index in [0.717, 1.165) is 51.2 Å². The highest BCUT2D eigenvalue weighted by Gasteiger charge is 2.22. The minimum Gasteiger partial charge on any atom is -0.497 e. The molecule has 0 spiro atoms. The maximum Gasteiger partial charge on any atom is 0.223 e. The lowest BCUT2D eigenvalue weighted by molar-refractivity contribution is -0.132. The number of methoxy groups -OCH3 is 1. The van der Waals surface area contributed by atoms with Crippen LogP contribution in [0.1, 0.15) is 30.4 Å². The Morgan fingerprint density at radius 2 is 1.74 bits per heavy atom. The molecule has 3 rings (SSSR count). The lowest BCUT2D eigenvalue weighted by atomic mass is 9.90. The zero-order valence-electron chi connectivity index (χ0n) is 16.2. The van der Waals surface area contributed by atoms with E-state index in [1.807, 2.05) is 29.2 Å². The predicted octanol–water partition coefficient (Wildman–Crippen LogP) is 3.66. The zero-order chi connectivity index (χ0) is 18.9. The molecule has 4 heteroatoms. The monoisotopic (exact) mass is 366 g/mol. The van der Waals surface area contributed by atoms with Gasteiger partial charge in [-0.05, 0) is 48.4 Å². The molecule has 27 heavy (non-hydrogen) atoms. The summed E-state index contributed by atoms with van der Waals surface area (Å²) < 4.78 is 5.16. The van der Waals surface area contributed by atoms with Crippen molar-refractivity contribution in [1.82, 2.24) is 10.2 Å². The van der Waals surface area contributed by atoms with Crippen LogP contribution in [0.15, 0.2) is 54.6 Å². The van der Waals surface area contributed by atoms with Crippen molar-refractivity contribution >= 4 is 5.91 Å². The van der Waals surface area contributed by atoms with E-state index in [1.54, 1.807) is 7.11 Å². The average Bonchev–Trinajstić information content (AvgIpc) is 2.73. The van der Waals surface area contributed by atoms with Crippen molar-refractivity contribution in [3.63, 3.8) is 0 Å². The Bertz CT molecular complexity index is 692. The summed E-state index contributed by atoms with van der Waals surface area (Å²) in [5.74, 6) is 1.84. The van der Waals surface area contributed by atoms with Gasteiger partial charge >= 0.3 is 0 Å². The largest absolute Gasteiger partial charge is 0.497 e. The summed E-state index contributed by atoms with van der Waals surface area (Å²) in [5, 5.41) is 3.36. The Hall–Kier alpha value is -2.33. The number of likely N-dealkylation sites (tertiary alicyclic amines) is 1. The molecule has 0 bridgehead atoms. The molecule has 0 aromatic heterocycles. The van der Waals surface area contributed by atoms with Gasteiger partial charge in [-0.3, -0.25) is 4.79 Å². The maximum absolute atomic E-state index is 12.4. The molecule has 0 unspecified atom stereocenters. The summed E-state index contributed by atoms with van der Waals surface area (Å²) in [6, 6.07) is 18.7. The molecular weight excluding hydrogens is 336 g/mol. The maximum atomic E-state index is 12.4. The first kappa shape index (κ1) is 19.4. The van der Waals surface area contributed by atoms with Crippen LogP contribution in [-0.2, 0) is 17.8 Å². The molecule has 0 aliphatic carbocycles. The molecule has 1 aliphatic rings. The standard InChI is InChI=1S/C23H30N2O2/c1-27-22-9-7-21(8-10-22)18-24-14-11-23(26)25-15-12-20(13-16-25)17-19-5-3-2-4-6-19/h2-10,20,24H,11-18H2,1H3. The summed E-state index contributed by atoms with van der Waals surface area (Å²) in [7, 11) is 1.67. The minimum atomic E-state index is 0.274. The Morgan fingerprint density at radius 1 is 1.04 bits per heavy atom. The number of hydrogen-bond acceptors (Lipinski definition) is 3. The van der Waals surface area contributed by atoms with E-state index in [9.17, 15) is 4.79 Å². The van der Waals surface area contributed by atoms with Crippen LogP contribution in [0.3, 0.4) is 0 Å². The number of carbonyl (C=O) groups is 1. The van der Waals surface area contributed by atoms with Gasteiger partial charge in [0.05, 0.1) is 7.11 Å². The summed E-state index contributed by atoms with van der Waals surface area (Å²) >= 11 is 0. The average molecular weight is 367 g/mol. The molecule has 144 valence electrons. The Labute approximate surface area is 162 Å². The quantitative estimate of drug-likeness (QED) is 0.725. The molecule has 1 aliphatic heterocycles. The van der Waals surface area contributed by atoms with Crippen LogP contribution in [0.2, 0.25) is 0 Å². The van der Waals surface area contributed by atoms with Gasteiger partial charge in [-0.1, -0.05) is 42.5 Å². The molecule has 4 nitrogen and oxygen atoms in total. The number of piperidine rings is 1. The molecule has 1 N–H and O–H groups in total. The number of benzene rings is 2. The summed E-state index contributed by atoms with van der Waals surface area (Å²) in [6.45, 7) is 3.29. The smallest absolute Gasteiger partial charge is 0.223 e. The lowest BCUT2D eigenvalue weighted by Crippen LogP contribution is -2.39. The second-order valence-electron chi connectivity index (χ2n) is 7.29. The molecule has 1 amide bonds. The van der Waals surface area contributed by atoms with Gasteiger partial charge < -0.3 is 15.0 Å². The van der Waals surface area contributed by atoms with Gasteiger partial charge in [-0.25, -0.2) is 0 Å². The summed E-state index contributed by atoms with van der Waals surface area (Å²) in [5.41, 5.74) is 2.61. The van der Waals surface area contributed by atoms with E-state index < -0.39 is 0 Å². The number of amides is 1. The molecule has 0 radical (unpaired) electrons. The second kappa shape index (κ2) is 10.1. The number of ether oxygens (including phenoxy) is 1. The fourth-order valence-electron chi connectivity index (χ4n) is 3.66. The number of nitrogens with zero attached hydrogens (tertiary/aromatic N) is 1. The van der Waals surface area contributed by atoms with Crippen molar-refractivity contribution in [1.29, 1.82) is 0 Å². The molecule has 1 saturated heterocycles. The van der Waals surface area contributed by atoms with E-state index in [0.29, 0.717) is 12.3 Å². The van der Waals surface area contributed by atoms with E-state index in [2.05, 4.69) is 35.6 Å². The highest BCUT2D eigenvalue weighted by Crippen LogP contribution is 2.22. The van der Waals surface area contributed by atoms with Crippen LogP contribution in [-0.4, -0.2) is 37.6 Å². The summed E-state index contributed by atoms with van der Waals surface area (Å²) in [4.78, 5) is 14.5. The Kier molecular flexibility index (Phi) is 7.28. The third kappa shape index (κ3) is 6.10. The zero-order valence-corrected chi connectivity index (χ0v) is 16.2. The van der Waals surface area contributed by atoms with Gasteiger partial charge in [0.15, 0.2) is 0 Å². The molecule has 0 atom stereocenters. The molecule has 1 fully saturated rings. The van der Waals surface area contributed by atoms with Crippen LogP contribution < -0.4 is 10.1 Å². The van der Waals surface area contributed by atoms with Crippen LogP contribution in [0.4, 0.5) is 0 Å². The van der Waals surface area contributed by atoms with Gasteiger partial charge in [0.25, 0.3) is 0 Å². The van der Waals surface area contributed by atoms with Crippen LogP contribution >= 0.6 is 0 Å². The first-order valence-electron chi connectivity index (χ1n) is 9.90. The van der Waals surface area contributed by atoms with E-state index >= 15 is 0 Å². The van der Waals surface area contributed by atoms with Crippen LogP contribution in [0, 0.1) is 5.92 Å². The molecular formula is C23H30N2O2. The molecule has 0 saturated carbocycles. The van der Waals surface area contributed by atoms with Crippen molar-refractivity contribution < 1.29 is 9.53 Å². The fourth-order valence-corrected chi connectivity index (χ4v) is 3.66. The van der Waals surface area contributed by atoms with Crippen molar-refractivity contribution in [2.75, 3.05) is 26.7 Å². The predicted molar refractivity (Wildman–Crippen MR) is 109 cm³/mol. The third-order valence-corrected chi connectivity index (χ3v) is 5.34. The van der Waals surface area contributed by atoms with Gasteiger partial charge in [-0.15, -0.1) is 0 Å². The molecule has 2 aromatic rings. The van der Waals surface area contributed by atoms with Crippen molar-refractivity contribution in [3.8, 4) is 5.75 Å². The highest BCUT2D eigenvalue weighted by atomic mass is 16.5. The third-order valence-electron chi connectivity index (χ3n) is 5.34. The van der Waals surface area contributed by atoms with Gasteiger partial charge in [0.1, 0.15) is 5.75 Å². The molecule has 2 aromatic carbocycles. The van der Waals surface area contributed by atoms with Crippen molar-refractivity contribution in [3.05, 3.63) is 65.7 Å². The van der Waals surface area contributed by atoms with Crippen molar-refractivity contribution in [2.45, 2.75) is 32.2 Å². The second-order valence-corrected chi connectivity index (χ2v) is 7.29. The van der Waals surface area contributed by atoms with Crippen LogP contribution in [0.25, 0.3) is 0 Å². The lowest BCUT2D eigenvalue weighted by Gasteiger charge is -2.32. The van der Waals surface area contributed by atoms with Gasteiger partial charge in [0, 0.05) is 32.6 Å². The first-order valence-corrected chi connectivity index (χ1v) is 9.90. The first-order chi connectivity index (χ1) is 13.2. The number of nitrogens with one attached hydrogen (secondary N) is 1. The van der Waals surface area contributed by atoms with Gasteiger partial charge in [-0.2, -0.15) is 0 Å². The number of carbonyl (C=O) groups excluding carboxylic acids is 1. The van der Waals surface area contributed by atoms with Crippen LogP contribution in [0.5, 0.6) is 5.75 Å². The van der Waals surface area contributed by atoms with Gasteiger partial charge in [0.2, 0.25) is 5.91 Å². The number of rotatable bonds is 8. The normalized spacial score (nSPS) is 14.9. The fraction of sp³-hybridized carbons (Fsp3) is 0.435. The Morgan fingerprint density at radius 3 is 2.41 bits per heavy atom. The van der Waals surface area contributed by atoms with Crippen molar-refractivity contribution in [2.24, 2.45) is 5.92 Å². The minimum absolute atomic E-state index is 0.274.